The fraction of sp³-hybridized carbons (Fsp3) is 0.0556. The molecule has 0 bridgehead atoms. The summed E-state index contributed by atoms with van der Waals surface area (Å²) < 4.78 is 4.77. The van der Waals surface area contributed by atoms with Gasteiger partial charge in [-0.25, -0.2) is 4.79 Å². The molecular formula is C18H14N6O2. The second-order valence-electron chi connectivity index (χ2n) is 5.14. The Kier molecular flexibility index (Phi) is 5.00. The van der Waals surface area contributed by atoms with Crippen molar-refractivity contribution in [2.75, 3.05) is 17.7 Å². The molecule has 3 rings (SSSR count). The number of nitriles is 1. The number of carbonyl (C=O) groups is 1. The fourth-order valence-corrected chi connectivity index (χ4v) is 2.23. The van der Waals surface area contributed by atoms with E-state index >= 15 is 0 Å². The average molecular weight is 346 g/mol. The second kappa shape index (κ2) is 7.72. The number of para-hydroxylation sites is 1. The van der Waals surface area contributed by atoms with Gasteiger partial charge in [0.2, 0.25) is 5.95 Å². The molecule has 0 aliphatic heterocycles. The van der Waals surface area contributed by atoms with Crippen LogP contribution in [0.3, 0.4) is 0 Å². The highest BCUT2D eigenvalue weighted by atomic mass is 16.5. The summed E-state index contributed by atoms with van der Waals surface area (Å²) in [7, 11) is 1.32. The number of nitrogens with zero attached hydrogens (tertiary/aromatic N) is 4. The minimum atomic E-state index is -0.469. The Bertz CT molecular complexity index is 983. The molecule has 0 aliphatic carbocycles. The summed E-state index contributed by atoms with van der Waals surface area (Å²) in [5.41, 5.74) is 2.09. The number of hydrogen-bond acceptors (Lipinski definition) is 8. The SMILES string of the molecule is COC(=O)c1ccccc1Nc1nncc(Nc2cccc(C#N)c2)n1. The zero-order valence-electron chi connectivity index (χ0n) is 13.8. The smallest absolute Gasteiger partial charge is 0.339 e. The molecule has 1 heterocycles. The zero-order chi connectivity index (χ0) is 18.4. The van der Waals surface area contributed by atoms with Crippen LogP contribution in [0.2, 0.25) is 0 Å². The Morgan fingerprint density at radius 1 is 1.15 bits per heavy atom. The van der Waals surface area contributed by atoms with Crippen molar-refractivity contribution in [1.29, 1.82) is 5.26 Å². The monoisotopic (exact) mass is 346 g/mol. The number of aromatic nitrogens is 3. The predicted octanol–water partition coefficient (Wildman–Crippen LogP) is 3.02. The molecule has 2 N–H and O–H groups in total. The number of hydrogen-bond donors (Lipinski definition) is 2. The van der Waals surface area contributed by atoms with Gasteiger partial charge in [0.25, 0.3) is 0 Å². The lowest BCUT2D eigenvalue weighted by Crippen LogP contribution is -2.08. The molecule has 0 amide bonds. The minimum absolute atomic E-state index is 0.211. The van der Waals surface area contributed by atoms with Gasteiger partial charge in [-0.3, -0.25) is 0 Å². The van der Waals surface area contributed by atoms with Crippen LogP contribution in [0.25, 0.3) is 0 Å². The third-order valence-electron chi connectivity index (χ3n) is 3.40. The highest BCUT2D eigenvalue weighted by molar-refractivity contribution is 5.96. The molecule has 2 aromatic carbocycles. The summed E-state index contributed by atoms with van der Waals surface area (Å²) in [6, 6.07) is 15.9. The second-order valence-corrected chi connectivity index (χ2v) is 5.14. The van der Waals surface area contributed by atoms with Crippen LogP contribution in [-0.4, -0.2) is 28.3 Å². The first-order valence-electron chi connectivity index (χ1n) is 7.61. The molecule has 8 nitrogen and oxygen atoms in total. The average Bonchev–Trinajstić information content (AvgIpc) is 2.68. The van der Waals surface area contributed by atoms with E-state index in [1.54, 1.807) is 42.5 Å². The largest absolute Gasteiger partial charge is 0.465 e. The first kappa shape index (κ1) is 16.9. The summed E-state index contributed by atoms with van der Waals surface area (Å²) in [5, 5.41) is 22.8. The topological polar surface area (TPSA) is 113 Å². The van der Waals surface area contributed by atoms with Crippen molar-refractivity contribution in [3.8, 4) is 6.07 Å². The summed E-state index contributed by atoms with van der Waals surface area (Å²) in [6.07, 6.45) is 1.45. The number of carbonyl (C=O) groups excluding carboxylic acids is 1. The molecule has 1 aromatic heterocycles. The molecular weight excluding hydrogens is 332 g/mol. The van der Waals surface area contributed by atoms with Gasteiger partial charge < -0.3 is 15.4 Å². The van der Waals surface area contributed by atoms with Gasteiger partial charge in [-0.15, -0.1) is 5.10 Å². The maximum atomic E-state index is 11.8. The van der Waals surface area contributed by atoms with Crippen LogP contribution in [0, 0.1) is 11.3 Å². The fourth-order valence-electron chi connectivity index (χ4n) is 2.23. The van der Waals surface area contributed by atoms with Crippen LogP contribution in [0.4, 0.5) is 23.1 Å². The Morgan fingerprint density at radius 3 is 2.81 bits per heavy atom. The lowest BCUT2D eigenvalue weighted by Gasteiger charge is -2.10. The quantitative estimate of drug-likeness (QED) is 0.678. The standard InChI is InChI=1S/C18H14N6O2/c1-26-17(25)14-7-2-3-8-15(14)22-18-23-16(11-20-24-18)21-13-6-4-5-12(9-13)10-19/h2-9,11H,1H3,(H2,21,22,23,24). The van der Waals surface area contributed by atoms with Crippen LogP contribution < -0.4 is 10.6 Å². The third-order valence-corrected chi connectivity index (χ3v) is 3.40. The Morgan fingerprint density at radius 2 is 2.00 bits per heavy atom. The number of rotatable bonds is 5. The van der Waals surface area contributed by atoms with Crippen molar-refractivity contribution >= 4 is 29.1 Å². The first-order chi connectivity index (χ1) is 12.7. The minimum Gasteiger partial charge on any atom is -0.465 e. The van der Waals surface area contributed by atoms with Gasteiger partial charge >= 0.3 is 5.97 Å². The van der Waals surface area contributed by atoms with Gasteiger partial charge in [0.15, 0.2) is 5.82 Å². The molecule has 0 radical (unpaired) electrons. The molecule has 0 aliphatic rings. The summed E-state index contributed by atoms with van der Waals surface area (Å²) in [4.78, 5) is 16.1. The molecule has 128 valence electrons. The van der Waals surface area contributed by atoms with Crippen molar-refractivity contribution in [2.45, 2.75) is 0 Å². The number of esters is 1. The molecule has 0 atom stereocenters. The van der Waals surface area contributed by atoms with E-state index in [9.17, 15) is 4.79 Å². The van der Waals surface area contributed by atoms with E-state index in [1.807, 2.05) is 6.07 Å². The number of ether oxygens (including phenoxy) is 1. The molecule has 3 aromatic rings. The van der Waals surface area contributed by atoms with Crippen molar-refractivity contribution in [3.05, 3.63) is 65.9 Å². The highest BCUT2D eigenvalue weighted by Crippen LogP contribution is 2.21. The van der Waals surface area contributed by atoms with Gasteiger partial charge in [-0.05, 0) is 30.3 Å². The molecule has 8 heteroatoms. The van der Waals surface area contributed by atoms with Crippen LogP contribution in [0.1, 0.15) is 15.9 Å². The summed E-state index contributed by atoms with van der Waals surface area (Å²) >= 11 is 0. The van der Waals surface area contributed by atoms with Crippen LogP contribution >= 0.6 is 0 Å². The molecule has 0 spiro atoms. The van der Waals surface area contributed by atoms with E-state index in [-0.39, 0.29) is 5.95 Å². The van der Waals surface area contributed by atoms with Crippen molar-refractivity contribution < 1.29 is 9.53 Å². The normalized spacial score (nSPS) is 9.85. The zero-order valence-corrected chi connectivity index (χ0v) is 13.8. The maximum Gasteiger partial charge on any atom is 0.339 e. The van der Waals surface area contributed by atoms with Gasteiger partial charge in [0.05, 0.1) is 36.2 Å². The lowest BCUT2D eigenvalue weighted by atomic mass is 10.2. The summed E-state index contributed by atoms with van der Waals surface area (Å²) in [5.74, 6) is 0.180. The first-order valence-corrected chi connectivity index (χ1v) is 7.61. The Hall–Kier alpha value is -3.99. The summed E-state index contributed by atoms with van der Waals surface area (Å²) in [6.45, 7) is 0. The van der Waals surface area contributed by atoms with Crippen LogP contribution in [0.5, 0.6) is 0 Å². The maximum absolute atomic E-state index is 11.8. The van der Waals surface area contributed by atoms with E-state index in [4.69, 9.17) is 10.00 Å². The van der Waals surface area contributed by atoms with E-state index in [2.05, 4.69) is 31.9 Å². The Balaban J connectivity index is 1.82. The van der Waals surface area contributed by atoms with Crippen LogP contribution in [0.15, 0.2) is 54.7 Å². The third kappa shape index (κ3) is 3.91. The number of nitrogens with one attached hydrogen (secondary N) is 2. The van der Waals surface area contributed by atoms with Crippen molar-refractivity contribution in [3.63, 3.8) is 0 Å². The Labute approximate surface area is 149 Å². The van der Waals surface area contributed by atoms with E-state index < -0.39 is 5.97 Å². The molecule has 26 heavy (non-hydrogen) atoms. The lowest BCUT2D eigenvalue weighted by molar-refractivity contribution is 0.0602. The molecule has 0 unspecified atom stereocenters. The van der Waals surface area contributed by atoms with Crippen molar-refractivity contribution in [2.24, 2.45) is 0 Å². The highest BCUT2D eigenvalue weighted by Gasteiger charge is 2.12. The molecule has 0 saturated heterocycles. The van der Waals surface area contributed by atoms with Gasteiger partial charge in [0, 0.05) is 5.69 Å². The number of methoxy groups -OCH3 is 1. The molecule has 0 saturated carbocycles. The number of benzene rings is 2. The van der Waals surface area contributed by atoms with Gasteiger partial charge in [0.1, 0.15) is 0 Å². The van der Waals surface area contributed by atoms with Crippen molar-refractivity contribution in [1.82, 2.24) is 15.2 Å². The van der Waals surface area contributed by atoms with Gasteiger partial charge in [-0.2, -0.15) is 15.3 Å². The van der Waals surface area contributed by atoms with Gasteiger partial charge in [-0.1, -0.05) is 18.2 Å². The van der Waals surface area contributed by atoms with Crippen LogP contribution in [-0.2, 0) is 4.74 Å². The van der Waals surface area contributed by atoms with E-state index in [1.165, 1.54) is 13.3 Å². The number of anilines is 4. The van der Waals surface area contributed by atoms with E-state index in [0.29, 0.717) is 28.3 Å². The molecule has 0 fully saturated rings. The van der Waals surface area contributed by atoms with E-state index in [0.717, 1.165) is 0 Å². The predicted molar refractivity (Wildman–Crippen MR) is 95.3 cm³/mol.